The summed E-state index contributed by atoms with van der Waals surface area (Å²) in [6.45, 7) is -0.324. The molecule has 0 aromatic heterocycles. The van der Waals surface area contributed by atoms with Gasteiger partial charge in [-0.25, -0.2) is 8.78 Å². The minimum atomic E-state index is -1.19. The van der Waals surface area contributed by atoms with Crippen LogP contribution in [0.3, 0.4) is 0 Å². The fourth-order valence-corrected chi connectivity index (χ4v) is 0.883. The number of nitrogens with two attached hydrogens (primary N) is 2. The molecule has 0 aliphatic rings. The van der Waals surface area contributed by atoms with E-state index in [2.05, 4.69) is 5.32 Å². The Kier molecular flexibility index (Phi) is 2.98. The van der Waals surface area contributed by atoms with Gasteiger partial charge in [0, 0.05) is 0 Å². The summed E-state index contributed by atoms with van der Waals surface area (Å²) in [5.41, 5.74) is 9.90. The summed E-state index contributed by atoms with van der Waals surface area (Å²) in [4.78, 5) is 10.8. The molecule has 1 rings (SSSR count). The Morgan fingerprint density at radius 2 is 2.07 bits per heavy atom. The summed E-state index contributed by atoms with van der Waals surface area (Å²) >= 11 is 0. The molecule has 0 aliphatic heterocycles. The average molecular weight is 201 g/mol. The lowest BCUT2D eigenvalue weighted by Gasteiger charge is -2.08. The lowest BCUT2D eigenvalue weighted by atomic mass is 10.2. The third-order valence-electron chi connectivity index (χ3n) is 1.58. The summed E-state index contributed by atoms with van der Waals surface area (Å²) in [7, 11) is 0. The van der Waals surface area contributed by atoms with Gasteiger partial charge in [-0.15, -0.1) is 0 Å². The average Bonchev–Trinajstić information content (AvgIpc) is 2.18. The zero-order valence-corrected chi connectivity index (χ0v) is 7.18. The minimum absolute atomic E-state index is 0.0503. The molecule has 4 nitrogen and oxygen atoms in total. The molecular formula is C8H9F2N3O. The van der Waals surface area contributed by atoms with Gasteiger partial charge in [0.05, 0.1) is 12.2 Å². The minimum Gasteiger partial charge on any atom is -0.397 e. The van der Waals surface area contributed by atoms with Crippen LogP contribution < -0.4 is 16.8 Å². The van der Waals surface area contributed by atoms with Crippen molar-refractivity contribution in [2.24, 2.45) is 5.73 Å². The number of nitrogen functional groups attached to an aromatic ring is 1. The van der Waals surface area contributed by atoms with E-state index in [1.54, 1.807) is 0 Å². The van der Waals surface area contributed by atoms with Crippen LogP contribution in [-0.4, -0.2) is 12.5 Å². The molecule has 0 bridgehead atoms. The van der Waals surface area contributed by atoms with Crippen molar-refractivity contribution in [1.29, 1.82) is 0 Å². The number of anilines is 2. The molecule has 0 atom stereocenters. The molecule has 1 amide bonds. The van der Waals surface area contributed by atoms with E-state index >= 15 is 0 Å². The Bertz CT molecular complexity index is 368. The molecule has 0 radical (unpaired) electrons. The molecule has 1 aromatic carbocycles. The maximum absolute atomic E-state index is 13.0. The predicted octanol–water partition coefficient (Wildman–Crippen LogP) is 0.444. The topological polar surface area (TPSA) is 81.1 Å². The van der Waals surface area contributed by atoms with Crippen molar-refractivity contribution in [3.63, 3.8) is 0 Å². The smallest absolute Gasteiger partial charge is 0.238 e. The lowest BCUT2D eigenvalue weighted by molar-refractivity contribution is -0.114. The van der Waals surface area contributed by atoms with Crippen molar-refractivity contribution in [2.45, 2.75) is 0 Å². The first-order valence-corrected chi connectivity index (χ1v) is 3.79. The van der Waals surface area contributed by atoms with Gasteiger partial charge in [-0.1, -0.05) is 0 Å². The molecule has 0 fully saturated rings. The summed E-state index contributed by atoms with van der Waals surface area (Å²) in [6.07, 6.45) is 0. The highest BCUT2D eigenvalue weighted by atomic mass is 19.2. The van der Waals surface area contributed by atoms with Crippen LogP contribution >= 0.6 is 0 Å². The highest BCUT2D eigenvalue weighted by molar-refractivity contribution is 5.95. The Balaban J connectivity index is 3.06. The summed E-state index contributed by atoms with van der Waals surface area (Å²) in [6, 6.07) is 2.04. The molecule has 0 aliphatic carbocycles. The first kappa shape index (κ1) is 10.4. The number of carbonyl (C=O) groups excluding carboxylic acids is 1. The van der Waals surface area contributed by atoms with E-state index in [1.807, 2.05) is 0 Å². The van der Waals surface area contributed by atoms with E-state index in [0.717, 1.165) is 12.1 Å². The van der Waals surface area contributed by atoms with Gasteiger partial charge < -0.3 is 16.8 Å². The normalized spacial score (nSPS) is 9.93. The van der Waals surface area contributed by atoms with Gasteiger partial charge in [-0.05, 0) is 12.1 Å². The van der Waals surface area contributed by atoms with E-state index in [4.69, 9.17) is 11.5 Å². The van der Waals surface area contributed by atoms with Crippen LogP contribution in [0.1, 0.15) is 0 Å². The van der Waals surface area contributed by atoms with Crippen LogP contribution in [0.15, 0.2) is 12.1 Å². The van der Waals surface area contributed by atoms with Crippen molar-refractivity contribution < 1.29 is 13.6 Å². The summed E-state index contributed by atoms with van der Waals surface area (Å²) in [5, 5.41) is 2.07. The van der Waals surface area contributed by atoms with Crippen LogP contribution in [0.4, 0.5) is 20.2 Å². The maximum Gasteiger partial charge on any atom is 0.238 e. The first-order chi connectivity index (χ1) is 6.56. The molecule has 1 aromatic rings. The third-order valence-corrected chi connectivity index (χ3v) is 1.58. The molecule has 0 spiro atoms. The van der Waals surface area contributed by atoms with Gasteiger partial charge in [0.15, 0.2) is 11.6 Å². The van der Waals surface area contributed by atoms with E-state index in [-0.39, 0.29) is 17.9 Å². The lowest BCUT2D eigenvalue weighted by Crippen LogP contribution is -2.23. The molecule has 5 N–H and O–H groups in total. The molecule has 6 heteroatoms. The van der Waals surface area contributed by atoms with Crippen LogP contribution in [-0.2, 0) is 4.79 Å². The van der Waals surface area contributed by atoms with Gasteiger partial charge in [-0.2, -0.15) is 0 Å². The van der Waals surface area contributed by atoms with Gasteiger partial charge in [0.2, 0.25) is 5.91 Å². The van der Waals surface area contributed by atoms with Crippen LogP contribution in [0.2, 0.25) is 0 Å². The number of hydrogen-bond donors (Lipinski definition) is 3. The Morgan fingerprint density at radius 3 is 2.64 bits per heavy atom. The van der Waals surface area contributed by atoms with Gasteiger partial charge in [0.1, 0.15) is 5.69 Å². The molecule has 0 saturated heterocycles. The summed E-state index contributed by atoms with van der Waals surface area (Å²) < 4.78 is 25.7. The summed E-state index contributed by atoms with van der Waals surface area (Å²) in [5.74, 6) is -2.90. The number of rotatable bonds is 2. The monoisotopic (exact) mass is 201 g/mol. The molecule has 0 saturated carbocycles. The van der Waals surface area contributed by atoms with Crippen molar-refractivity contribution in [3.05, 3.63) is 23.8 Å². The van der Waals surface area contributed by atoms with Crippen LogP contribution in [0.25, 0.3) is 0 Å². The predicted molar refractivity (Wildman–Crippen MR) is 48.5 cm³/mol. The Morgan fingerprint density at radius 1 is 1.43 bits per heavy atom. The fraction of sp³-hybridized carbons (Fsp3) is 0.125. The molecule has 14 heavy (non-hydrogen) atoms. The van der Waals surface area contributed by atoms with Gasteiger partial charge >= 0.3 is 0 Å². The largest absolute Gasteiger partial charge is 0.397 e. The van der Waals surface area contributed by atoms with Crippen LogP contribution in [0.5, 0.6) is 0 Å². The highest BCUT2D eigenvalue weighted by Gasteiger charge is 2.13. The van der Waals surface area contributed by atoms with Crippen molar-refractivity contribution in [2.75, 3.05) is 17.6 Å². The molecule has 76 valence electrons. The zero-order chi connectivity index (χ0) is 10.7. The number of amides is 1. The number of benzene rings is 1. The standard InChI is InChI=1S/C8H9F2N3O/c9-4-1-2-5(12)8(7(4)10)13-6(14)3-11/h1-2H,3,11-12H2,(H,13,14). The Hall–Kier alpha value is -1.69. The second kappa shape index (κ2) is 4.01. The number of hydrogen-bond acceptors (Lipinski definition) is 3. The van der Waals surface area contributed by atoms with Gasteiger partial charge in [-0.3, -0.25) is 4.79 Å². The van der Waals surface area contributed by atoms with Crippen molar-refractivity contribution in [1.82, 2.24) is 0 Å². The van der Waals surface area contributed by atoms with Crippen molar-refractivity contribution in [3.8, 4) is 0 Å². The number of carbonyl (C=O) groups is 1. The number of nitrogens with one attached hydrogen (secondary N) is 1. The number of halogens is 2. The van der Waals surface area contributed by atoms with E-state index < -0.39 is 17.5 Å². The van der Waals surface area contributed by atoms with E-state index in [9.17, 15) is 13.6 Å². The fourth-order valence-electron chi connectivity index (χ4n) is 0.883. The van der Waals surface area contributed by atoms with Gasteiger partial charge in [0.25, 0.3) is 0 Å². The zero-order valence-electron chi connectivity index (χ0n) is 7.18. The second-order valence-corrected chi connectivity index (χ2v) is 2.58. The third kappa shape index (κ3) is 1.97. The molecular weight excluding hydrogens is 192 g/mol. The maximum atomic E-state index is 13.0. The molecule has 0 heterocycles. The molecule has 0 unspecified atom stereocenters. The second-order valence-electron chi connectivity index (χ2n) is 2.58. The first-order valence-electron chi connectivity index (χ1n) is 3.79. The Labute approximate surface area is 78.9 Å². The highest BCUT2D eigenvalue weighted by Crippen LogP contribution is 2.24. The SMILES string of the molecule is NCC(=O)Nc1c(N)ccc(F)c1F. The van der Waals surface area contributed by atoms with Crippen LogP contribution in [0, 0.1) is 11.6 Å². The van der Waals surface area contributed by atoms with Crippen molar-refractivity contribution >= 4 is 17.3 Å². The van der Waals surface area contributed by atoms with E-state index in [1.165, 1.54) is 0 Å². The van der Waals surface area contributed by atoms with E-state index in [0.29, 0.717) is 0 Å². The quantitative estimate of drug-likeness (QED) is 0.607.